The van der Waals surface area contributed by atoms with E-state index in [1.807, 2.05) is 66.2 Å². The number of para-hydroxylation sites is 1. The number of hydrogen-bond donors (Lipinski definition) is 1. The van der Waals surface area contributed by atoms with Gasteiger partial charge in [0.1, 0.15) is 11.4 Å². The van der Waals surface area contributed by atoms with E-state index in [2.05, 4.69) is 36.5 Å². The molecule has 0 aliphatic rings. The third kappa shape index (κ3) is 3.80. The minimum absolute atomic E-state index is 0.171. The standard InChI is InChI=1S/C23H23N3O/c1-3-18-11-13-19(14-12-18)24-17(2)27-22-9-5-4-8-20(22)21-16-26-15-7-6-10-23(26)25-21/h4-17,24H,3H2,1-2H3. The monoisotopic (exact) mass is 357 g/mol. The minimum Gasteiger partial charge on any atom is -0.470 e. The predicted molar refractivity (Wildman–Crippen MR) is 110 cm³/mol. The number of aryl methyl sites for hydroxylation is 1. The Bertz CT molecular complexity index is 1000. The molecule has 0 amide bonds. The Morgan fingerprint density at radius 2 is 1.78 bits per heavy atom. The Kier molecular flexibility index (Phi) is 4.79. The van der Waals surface area contributed by atoms with Crippen LogP contribution in [-0.4, -0.2) is 15.6 Å². The normalized spacial score (nSPS) is 12.1. The van der Waals surface area contributed by atoms with Crippen LogP contribution >= 0.6 is 0 Å². The zero-order chi connectivity index (χ0) is 18.6. The van der Waals surface area contributed by atoms with Gasteiger partial charge in [-0.05, 0) is 55.3 Å². The smallest absolute Gasteiger partial charge is 0.167 e. The van der Waals surface area contributed by atoms with Crippen LogP contribution in [0, 0.1) is 0 Å². The van der Waals surface area contributed by atoms with Crippen molar-refractivity contribution < 1.29 is 4.74 Å². The zero-order valence-corrected chi connectivity index (χ0v) is 15.6. The third-order valence-electron chi connectivity index (χ3n) is 4.56. The van der Waals surface area contributed by atoms with E-state index in [1.165, 1.54) is 5.56 Å². The second-order valence-corrected chi connectivity index (χ2v) is 6.54. The highest BCUT2D eigenvalue weighted by atomic mass is 16.5. The van der Waals surface area contributed by atoms with Crippen molar-refractivity contribution in [2.24, 2.45) is 0 Å². The van der Waals surface area contributed by atoms with Crippen molar-refractivity contribution in [2.75, 3.05) is 5.32 Å². The molecular weight excluding hydrogens is 334 g/mol. The summed E-state index contributed by atoms with van der Waals surface area (Å²) in [5.41, 5.74) is 5.17. The number of nitrogens with zero attached hydrogens (tertiary/aromatic N) is 2. The number of nitrogens with one attached hydrogen (secondary N) is 1. The van der Waals surface area contributed by atoms with Crippen molar-refractivity contribution in [3.05, 3.63) is 84.7 Å². The molecular formula is C23H23N3O. The van der Waals surface area contributed by atoms with Gasteiger partial charge in [0.25, 0.3) is 0 Å². The van der Waals surface area contributed by atoms with Crippen LogP contribution in [0.25, 0.3) is 16.9 Å². The number of aromatic nitrogens is 2. The molecule has 136 valence electrons. The fraction of sp³-hybridized carbons (Fsp3) is 0.174. The molecule has 2 aromatic heterocycles. The van der Waals surface area contributed by atoms with Crippen LogP contribution in [0.4, 0.5) is 5.69 Å². The number of ether oxygens (including phenoxy) is 1. The maximum absolute atomic E-state index is 6.20. The maximum atomic E-state index is 6.20. The Labute approximate surface area is 159 Å². The molecule has 4 heteroatoms. The van der Waals surface area contributed by atoms with Gasteiger partial charge < -0.3 is 14.5 Å². The van der Waals surface area contributed by atoms with Crippen LogP contribution in [0.15, 0.2) is 79.1 Å². The zero-order valence-electron chi connectivity index (χ0n) is 15.6. The van der Waals surface area contributed by atoms with E-state index >= 15 is 0 Å². The lowest BCUT2D eigenvalue weighted by atomic mass is 10.1. The summed E-state index contributed by atoms with van der Waals surface area (Å²) in [6.07, 6.45) is 4.90. The van der Waals surface area contributed by atoms with Gasteiger partial charge in [-0.25, -0.2) is 4.98 Å². The van der Waals surface area contributed by atoms with Gasteiger partial charge in [-0.2, -0.15) is 0 Å². The van der Waals surface area contributed by atoms with E-state index in [1.54, 1.807) is 0 Å². The summed E-state index contributed by atoms with van der Waals surface area (Å²) in [4.78, 5) is 4.72. The molecule has 0 radical (unpaired) electrons. The molecule has 4 rings (SSSR count). The molecule has 4 aromatic rings. The van der Waals surface area contributed by atoms with E-state index in [-0.39, 0.29) is 6.23 Å². The molecule has 2 aromatic carbocycles. The van der Waals surface area contributed by atoms with Crippen LogP contribution in [0.3, 0.4) is 0 Å². The largest absolute Gasteiger partial charge is 0.470 e. The van der Waals surface area contributed by atoms with E-state index in [4.69, 9.17) is 9.72 Å². The van der Waals surface area contributed by atoms with Crippen LogP contribution in [-0.2, 0) is 6.42 Å². The maximum Gasteiger partial charge on any atom is 0.167 e. The summed E-state index contributed by atoms with van der Waals surface area (Å²) < 4.78 is 8.21. The molecule has 0 bridgehead atoms. The lowest BCUT2D eigenvalue weighted by molar-refractivity contribution is 0.252. The molecule has 0 saturated carbocycles. The summed E-state index contributed by atoms with van der Waals surface area (Å²) in [6.45, 7) is 4.17. The number of hydrogen-bond acceptors (Lipinski definition) is 3. The SMILES string of the molecule is CCc1ccc(NC(C)Oc2ccccc2-c2cn3ccccc3n2)cc1. The topological polar surface area (TPSA) is 38.6 Å². The highest BCUT2D eigenvalue weighted by Gasteiger charge is 2.12. The fourth-order valence-electron chi connectivity index (χ4n) is 3.14. The number of rotatable bonds is 6. The molecule has 0 spiro atoms. The van der Waals surface area contributed by atoms with Gasteiger partial charge >= 0.3 is 0 Å². The number of imidazole rings is 1. The summed E-state index contributed by atoms with van der Waals surface area (Å²) in [6, 6.07) is 22.5. The first-order chi connectivity index (χ1) is 13.2. The van der Waals surface area contributed by atoms with E-state index in [0.717, 1.165) is 34.8 Å². The molecule has 27 heavy (non-hydrogen) atoms. The lowest BCUT2D eigenvalue weighted by Gasteiger charge is -2.19. The van der Waals surface area contributed by atoms with Crippen molar-refractivity contribution >= 4 is 11.3 Å². The van der Waals surface area contributed by atoms with E-state index < -0.39 is 0 Å². The van der Waals surface area contributed by atoms with Crippen molar-refractivity contribution in [1.82, 2.24) is 9.38 Å². The van der Waals surface area contributed by atoms with E-state index in [0.29, 0.717) is 0 Å². The Morgan fingerprint density at radius 1 is 1.00 bits per heavy atom. The van der Waals surface area contributed by atoms with Gasteiger partial charge in [-0.1, -0.05) is 37.3 Å². The van der Waals surface area contributed by atoms with Gasteiger partial charge in [0.15, 0.2) is 6.23 Å². The average Bonchev–Trinajstić information content (AvgIpc) is 3.13. The Morgan fingerprint density at radius 3 is 2.56 bits per heavy atom. The van der Waals surface area contributed by atoms with Gasteiger partial charge in [-0.3, -0.25) is 0 Å². The van der Waals surface area contributed by atoms with Crippen LogP contribution in [0.5, 0.6) is 5.75 Å². The van der Waals surface area contributed by atoms with Crippen LogP contribution < -0.4 is 10.1 Å². The van der Waals surface area contributed by atoms with Gasteiger partial charge in [0.05, 0.1) is 5.69 Å². The Hall–Kier alpha value is -3.27. The summed E-state index contributed by atoms with van der Waals surface area (Å²) in [5.74, 6) is 0.811. The second-order valence-electron chi connectivity index (χ2n) is 6.54. The lowest BCUT2D eigenvalue weighted by Crippen LogP contribution is -2.22. The molecule has 1 unspecified atom stereocenters. The van der Waals surface area contributed by atoms with Crippen molar-refractivity contribution in [3.63, 3.8) is 0 Å². The van der Waals surface area contributed by atoms with Crippen molar-refractivity contribution in [3.8, 4) is 17.0 Å². The minimum atomic E-state index is -0.171. The van der Waals surface area contributed by atoms with Crippen LogP contribution in [0.2, 0.25) is 0 Å². The average molecular weight is 357 g/mol. The van der Waals surface area contributed by atoms with Crippen LogP contribution in [0.1, 0.15) is 19.4 Å². The fourth-order valence-corrected chi connectivity index (χ4v) is 3.14. The number of pyridine rings is 1. The first-order valence-corrected chi connectivity index (χ1v) is 9.28. The van der Waals surface area contributed by atoms with Crippen molar-refractivity contribution in [1.29, 1.82) is 0 Å². The number of anilines is 1. The summed E-state index contributed by atoms with van der Waals surface area (Å²) >= 11 is 0. The molecule has 2 heterocycles. The highest BCUT2D eigenvalue weighted by Crippen LogP contribution is 2.30. The van der Waals surface area contributed by atoms with E-state index in [9.17, 15) is 0 Å². The third-order valence-corrected chi connectivity index (χ3v) is 4.56. The molecule has 0 saturated heterocycles. The second kappa shape index (κ2) is 7.54. The molecule has 0 fully saturated rings. The summed E-state index contributed by atoms with van der Waals surface area (Å²) in [7, 11) is 0. The molecule has 0 aliphatic heterocycles. The Balaban J connectivity index is 1.55. The van der Waals surface area contributed by atoms with Gasteiger partial charge in [0.2, 0.25) is 0 Å². The quantitative estimate of drug-likeness (QED) is 0.470. The molecule has 0 aliphatic carbocycles. The first-order valence-electron chi connectivity index (χ1n) is 9.28. The van der Waals surface area contributed by atoms with Crippen molar-refractivity contribution in [2.45, 2.75) is 26.5 Å². The first kappa shape index (κ1) is 17.2. The number of benzene rings is 2. The van der Waals surface area contributed by atoms with Gasteiger partial charge in [-0.15, -0.1) is 0 Å². The van der Waals surface area contributed by atoms with Gasteiger partial charge in [0, 0.05) is 23.6 Å². The number of fused-ring (bicyclic) bond motifs is 1. The molecule has 1 N–H and O–H groups in total. The summed E-state index contributed by atoms with van der Waals surface area (Å²) in [5, 5.41) is 3.40. The molecule has 1 atom stereocenters. The molecule has 4 nitrogen and oxygen atoms in total. The highest BCUT2D eigenvalue weighted by molar-refractivity contribution is 5.69. The predicted octanol–water partition coefficient (Wildman–Crippen LogP) is 5.40.